The predicted molar refractivity (Wildman–Crippen MR) is 89.7 cm³/mol. The SMILES string of the molecule is COCCC(=C(F)B1OC(C)(C)C(C)(C)O1)c1ccc(C)s1. The van der Waals surface area contributed by atoms with E-state index >= 15 is 4.39 Å². The van der Waals surface area contributed by atoms with Gasteiger partial charge in [0.15, 0.2) is 0 Å². The third kappa shape index (κ3) is 3.45. The van der Waals surface area contributed by atoms with E-state index in [1.807, 2.05) is 46.8 Å². The first-order valence-electron chi connectivity index (χ1n) is 7.48. The zero-order valence-corrected chi connectivity index (χ0v) is 15.0. The van der Waals surface area contributed by atoms with Crippen LogP contribution in [-0.4, -0.2) is 32.0 Å². The molecule has 1 aliphatic heterocycles. The summed E-state index contributed by atoms with van der Waals surface area (Å²) in [5.41, 5.74) is -0.838. The lowest BCUT2D eigenvalue weighted by Gasteiger charge is -2.32. The van der Waals surface area contributed by atoms with E-state index in [0.717, 1.165) is 9.75 Å². The fourth-order valence-electron chi connectivity index (χ4n) is 2.25. The summed E-state index contributed by atoms with van der Waals surface area (Å²) >= 11 is 1.57. The number of thiophene rings is 1. The number of ether oxygens (including phenoxy) is 1. The Hall–Kier alpha value is -0.685. The largest absolute Gasteiger partial charge is 0.525 e. The van der Waals surface area contributed by atoms with Gasteiger partial charge in [-0.15, -0.1) is 11.3 Å². The Balaban J connectivity index is 2.34. The molecule has 0 atom stereocenters. The smallest absolute Gasteiger partial charge is 0.398 e. The maximum Gasteiger partial charge on any atom is 0.525 e. The molecule has 0 radical (unpaired) electrons. The van der Waals surface area contributed by atoms with Crippen molar-refractivity contribution in [3.8, 4) is 0 Å². The van der Waals surface area contributed by atoms with Crippen molar-refractivity contribution in [3.63, 3.8) is 0 Å². The van der Waals surface area contributed by atoms with E-state index < -0.39 is 18.3 Å². The predicted octanol–water partition coefficient (Wildman–Crippen LogP) is 4.41. The summed E-state index contributed by atoms with van der Waals surface area (Å²) < 4.78 is 31.8. The maximum absolute atomic E-state index is 15.1. The van der Waals surface area contributed by atoms with Crippen LogP contribution in [0.4, 0.5) is 4.39 Å². The van der Waals surface area contributed by atoms with E-state index in [0.29, 0.717) is 18.6 Å². The topological polar surface area (TPSA) is 27.7 Å². The number of hydrogen-bond acceptors (Lipinski definition) is 4. The van der Waals surface area contributed by atoms with Gasteiger partial charge in [0.25, 0.3) is 0 Å². The molecule has 1 aromatic rings. The van der Waals surface area contributed by atoms with Gasteiger partial charge < -0.3 is 14.0 Å². The molecule has 122 valence electrons. The third-order valence-corrected chi connectivity index (χ3v) is 5.40. The molecule has 0 N–H and O–H groups in total. The molecule has 2 rings (SSSR count). The van der Waals surface area contributed by atoms with Gasteiger partial charge in [0.05, 0.1) is 17.8 Å². The van der Waals surface area contributed by atoms with Crippen LogP contribution >= 0.6 is 11.3 Å². The third-order valence-electron chi connectivity index (χ3n) is 4.34. The molecular formula is C16H24BFO3S. The number of hydrogen-bond donors (Lipinski definition) is 0. The summed E-state index contributed by atoms with van der Waals surface area (Å²) in [7, 11) is 0.656. The van der Waals surface area contributed by atoms with E-state index in [4.69, 9.17) is 14.0 Å². The summed E-state index contributed by atoms with van der Waals surface area (Å²) in [5, 5.41) is 0. The van der Waals surface area contributed by atoms with Crippen LogP contribution in [0.3, 0.4) is 0 Å². The van der Waals surface area contributed by atoms with Gasteiger partial charge in [0.2, 0.25) is 0 Å². The summed E-state index contributed by atoms with van der Waals surface area (Å²) in [6.07, 6.45) is 0.492. The lowest BCUT2D eigenvalue weighted by molar-refractivity contribution is 0.00578. The van der Waals surface area contributed by atoms with Crippen molar-refractivity contribution >= 4 is 24.0 Å². The number of aryl methyl sites for hydroxylation is 1. The zero-order valence-electron chi connectivity index (χ0n) is 14.2. The molecular weight excluding hydrogens is 302 g/mol. The molecule has 6 heteroatoms. The van der Waals surface area contributed by atoms with Gasteiger partial charge in [0, 0.05) is 16.9 Å². The quantitative estimate of drug-likeness (QED) is 0.751. The van der Waals surface area contributed by atoms with E-state index in [2.05, 4.69) is 0 Å². The molecule has 1 fully saturated rings. The molecule has 22 heavy (non-hydrogen) atoms. The highest BCUT2D eigenvalue weighted by molar-refractivity contribution is 7.13. The second-order valence-corrected chi connectivity index (χ2v) is 7.86. The van der Waals surface area contributed by atoms with Crippen molar-refractivity contribution in [2.45, 2.75) is 52.2 Å². The average molecular weight is 326 g/mol. The number of halogens is 1. The number of rotatable bonds is 5. The lowest BCUT2D eigenvalue weighted by atomic mass is 9.83. The fraction of sp³-hybridized carbons (Fsp3) is 0.625. The minimum absolute atomic E-state index is 0.349. The molecule has 1 aliphatic rings. The van der Waals surface area contributed by atoms with E-state index in [1.165, 1.54) is 0 Å². The highest BCUT2D eigenvalue weighted by Gasteiger charge is 2.53. The lowest BCUT2D eigenvalue weighted by Crippen LogP contribution is -2.41. The van der Waals surface area contributed by atoms with Gasteiger partial charge in [-0.3, -0.25) is 0 Å². The zero-order chi connectivity index (χ0) is 16.5. The summed E-state index contributed by atoms with van der Waals surface area (Å²) in [6.45, 7) is 10.2. The van der Waals surface area contributed by atoms with Gasteiger partial charge in [0.1, 0.15) is 5.73 Å². The number of methoxy groups -OCH3 is 1. The second kappa shape index (κ2) is 6.44. The molecule has 3 nitrogen and oxygen atoms in total. The van der Waals surface area contributed by atoms with Crippen LogP contribution in [0.25, 0.3) is 5.57 Å². The van der Waals surface area contributed by atoms with Crippen LogP contribution < -0.4 is 0 Å². The summed E-state index contributed by atoms with van der Waals surface area (Å²) in [5.74, 6) is 0. The highest BCUT2D eigenvalue weighted by atomic mass is 32.1. The van der Waals surface area contributed by atoms with Gasteiger partial charge in [-0.2, -0.15) is 0 Å². The van der Waals surface area contributed by atoms with Gasteiger partial charge in [-0.25, -0.2) is 4.39 Å². The van der Waals surface area contributed by atoms with Gasteiger partial charge >= 0.3 is 7.12 Å². The first kappa shape index (κ1) is 17.7. The van der Waals surface area contributed by atoms with Crippen LogP contribution in [0.5, 0.6) is 0 Å². The Bertz CT molecular complexity index is 549. The monoisotopic (exact) mass is 326 g/mol. The molecule has 0 aliphatic carbocycles. The standard InChI is InChI=1S/C16H24BFO3S/c1-11-7-8-13(22-11)12(9-10-19-6)14(18)17-20-15(2,3)16(4,5)21-17/h7-8H,9-10H2,1-6H3. The highest BCUT2D eigenvalue weighted by Crippen LogP contribution is 2.41. The minimum Gasteiger partial charge on any atom is -0.398 e. The summed E-state index contributed by atoms with van der Waals surface area (Å²) in [6, 6.07) is 3.93. The Kier molecular flexibility index (Phi) is 5.17. The van der Waals surface area contributed by atoms with Crippen LogP contribution in [0.15, 0.2) is 17.9 Å². The van der Waals surface area contributed by atoms with Crippen molar-refractivity contribution < 1.29 is 18.4 Å². The molecule has 0 aromatic carbocycles. The Morgan fingerprint density at radius 3 is 2.27 bits per heavy atom. The summed E-state index contributed by atoms with van der Waals surface area (Å²) in [4.78, 5) is 2.05. The van der Waals surface area contributed by atoms with Crippen LogP contribution in [0, 0.1) is 6.92 Å². The van der Waals surface area contributed by atoms with Crippen molar-refractivity contribution in [2.24, 2.45) is 0 Å². The molecule has 0 spiro atoms. The fourth-order valence-corrected chi connectivity index (χ4v) is 3.19. The molecule has 2 heterocycles. The molecule has 1 aromatic heterocycles. The van der Waals surface area contributed by atoms with Gasteiger partial charge in [-0.05, 0) is 58.7 Å². The Morgan fingerprint density at radius 2 is 1.82 bits per heavy atom. The molecule has 0 saturated carbocycles. The second-order valence-electron chi connectivity index (χ2n) is 6.57. The van der Waals surface area contributed by atoms with Crippen LogP contribution in [0.1, 0.15) is 43.9 Å². The van der Waals surface area contributed by atoms with Crippen LogP contribution in [0.2, 0.25) is 0 Å². The van der Waals surface area contributed by atoms with Crippen molar-refractivity contribution in [2.75, 3.05) is 13.7 Å². The Labute approximate surface area is 136 Å². The van der Waals surface area contributed by atoms with Crippen molar-refractivity contribution in [1.29, 1.82) is 0 Å². The van der Waals surface area contributed by atoms with Crippen molar-refractivity contribution in [3.05, 3.63) is 27.6 Å². The first-order valence-corrected chi connectivity index (χ1v) is 8.29. The van der Waals surface area contributed by atoms with E-state index in [-0.39, 0.29) is 5.73 Å². The van der Waals surface area contributed by atoms with Crippen LogP contribution in [-0.2, 0) is 14.0 Å². The first-order chi connectivity index (χ1) is 10.2. The molecule has 0 bridgehead atoms. The molecule has 0 amide bonds. The van der Waals surface area contributed by atoms with E-state index in [1.54, 1.807) is 18.4 Å². The molecule has 0 unspecified atom stereocenters. The van der Waals surface area contributed by atoms with Gasteiger partial charge in [-0.1, -0.05) is 0 Å². The molecule has 1 saturated heterocycles. The average Bonchev–Trinajstić information content (AvgIpc) is 2.92. The van der Waals surface area contributed by atoms with E-state index in [9.17, 15) is 0 Å². The minimum atomic E-state index is -0.959. The Morgan fingerprint density at radius 1 is 1.23 bits per heavy atom. The maximum atomic E-state index is 15.1. The normalized spacial score (nSPS) is 21.1. The van der Waals surface area contributed by atoms with Crippen molar-refractivity contribution in [1.82, 2.24) is 0 Å².